The lowest BCUT2D eigenvalue weighted by atomic mass is 10.1. The summed E-state index contributed by atoms with van der Waals surface area (Å²) in [6.45, 7) is 3.78. The van der Waals surface area contributed by atoms with Crippen LogP contribution < -0.4 is 0 Å². The zero-order valence-electron chi connectivity index (χ0n) is 8.24. The van der Waals surface area contributed by atoms with Gasteiger partial charge < -0.3 is 9.52 Å². The highest BCUT2D eigenvalue weighted by Gasteiger charge is 2.04. The highest BCUT2D eigenvalue weighted by atomic mass is 16.3. The Kier molecular flexibility index (Phi) is 2.04. The summed E-state index contributed by atoms with van der Waals surface area (Å²) in [4.78, 5) is 0. The van der Waals surface area contributed by atoms with Gasteiger partial charge in [-0.1, -0.05) is 0 Å². The van der Waals surface area contributed by atoms with Crippen molar-refractivity contribution in [3.63, 3.8) is 0 Å². The maximum absolute atomic E-state index is 9.37. The van der Waals surface area contributed by atoms with E-state index < -0.39 is 0 Å². The van der Waals surface area contributed by atoms with E-state index in [1.165, 1.54) is 0 Å². The number of hydrogen-bond acceptors (Lipinski definition) is 2. The number of benzene rings is 1. The average Bonchev–Trinajstić information content (AvgIpc) is 2.57. The molecule has 1 N–H and O–H groups in total. The topological polar surface area (TPSA) is 33.4 Å². The molecule has 0 saturated carbocycles. The molecule has 2 heteroatoms. The van der Waals surface area contributed by atoms with Crippen LogP contribution in [0.5, 0.6) is 5.75 Å². The van der Waals surface area contributed by atoms with Crippen molar-refractivity contribution in [2.45, 2.75) is 13.8 Å². The molecule has 0 unspecified atom stereocenters. The van der Waals surface area contributed by atoms with E-state index in [2.05, 4.69) is 0 Å². The van der Waals surface area contributed by atoms with Gasteiger partial charge in [-0.25, -0.2) is 0 Å². The van der Waals surface area contributed by atoms with Gasteiger partial charge in [-0.2, -0.15) is 0 Å². The number of rotatable bonds is 1. The van der Waals surface area contributed by atoms with E-state index >= 15 is 0 Å². The molecule has 2 aromatic rings. The molecule has 1 aromatic heterocycles. The zero-order valence-corrected chi connectivity index (χ0v) is 8.24. The molecule has 0 aliphatic rings. The first-order valence-corrected chi connectivity index (χ1v) is 4.53. The molecule has 0 fully saturated rings. The van der Waals surface area contributed by atoms with Gasteiger partial charge in [-0.05, 0) is 49.7 Å². The van der Waals surface area contributed by atoms with Gasteiger partial charge in [0, 0.05) is 5.56 Å². The lowest BCUT2D eigenvalue weighted by Crippen LogP contribution is -1.77. The van der Waals surface area contributed by atoms with Gasteiger partial charge in [-0.3, -0.25) is 0 Å². The van der Waals surface area contributed by atoms with Crippen molar-refractivity contribution >= 4 is 0 Å². The molecule has 0 bridgehead atoms. The minimum atomic E-state index is 0.317. The zero-order chi connectivity index (χ0) is 10.1. The summed E-state index contributed by atoms with van der Waals surface area (Å²) in [5.41, 5.74) is 1.85. The van der Waals surface area contributed by atoms with Crippen LogP contribution in [0.15, 0.2) is 34.7 Å². The SMILES string of the molecule is Cc1ccc(-c2ccc(O)c(C)c2)o1. The van der Waals surface area contributed by atoms with E-state index in [1.54, 1.807) is 6.07 Å². The number of phenols is 1. The molecule has 0 spiro atoms. The fourth-order valence-corrected chi connectivity index (χ4v) is 1.40. The van der Waals surface area contributed by atoms with Crippen molar-refractivity contribution in [1.82, 2.24) is 0 Å². The van der Waals surface area contributed by atoms with Gasteiger partial charge in [0.25, 0.3) is 0 Å². The normalized spacial score (nSPS) is 10.4. The van der Waals surface area contributed by atoms with Crippen molar-refractivity contribution < 1.29 is 9.52 Å². The maximum Gasteiger partial charge on any atom is 0.134 e. The second-order valence-electron chi connectivity index (χ2n) is 3.41. The lowest BCUT2D eigenvalue weighted by molar-refractivity contribution is 0.471. The molecule has 0 radical (unpaired) electrons. The summed E-state index contributed by atoms with van der Waals surface area (Å²) < 4.78 is 5.48. The van der Waals surface area contributed by atoms with Gasteiger partial charge in [0.2, 0.25) is 0 Å². The van der Waals surface area contributed by atoms with Crippen molar-refractivity contribution in [1.29, 1.82) is 0 Å². The van der Waals surface area contributed by atoms with Crippen LogP contribution in [0.4, 0.5) is 0 Å². The molecule has 0 amide bonds. The summed E-state index contributed by atoms with van der Waals surface area (Å²) >= 11 is 0. The average molecular weight is 188 g/mol. The minimum Gasteiger partial charge on any atom is -0.508 e. The Hall–Kier alpha value is -1.70. The Labute approximate surface area is 82.8 Å². The molecule has 72 valence electrons. The van der Waals surface area contributed by atoms with Gasteiger partial charge in [-0.15, -0.1) is 0 Å². The van der Waals surface area contributed by atoms with Gasteiger partial charge >= 0.3 is 0 Å². The second kappa shape index (κ2) is 3.22. The van der Waals surface area contributed by atoms with Crippen LogP contribution in [0.25, 0.3) is 11.3 Å². The van der Waals surface area contributed by atoms with E-state index in [0.29, 0.717) is 5.75 Å². The molecule has 2 rings (SSSR count). The predicted molar refractivity (Wildman–Crippen MR) is 55.3 cm³/mol. The molecule has 0 aliphatic heterocycles. The van der Waals surface area contributed by atoms with Crippen LogP contribution >= 0.6 is 0 Å². The molecular formula is C12H12O2. The lowest BCUT2D eigenvalue weighted by Gasteiger charge is -2.01. The fraction of sp³-hybridized carbons (Fsp3) is 0.167. The maximum atomic E-state index is 9.37. The van der Waals surface area contributed by atoms with Crippen LogP contribution in [-0.4, -0.2) is 5.11 Å². The monoisotopic (exact) mass is 188 g/mol. The molecule has 0 saturated heterocycles. The molecular weight excluding hydrogens is 176 g/mol. The molecule has 2 nitrogen and oxygen atoms in total. The van der Waals surface area contributed by atoms with Crippen LogP contribution in [0.3, 0.4) is 0 Å². The van der Waals surface area contributed by atoms with E-state index in [1.807, 2.05) is 38.1 Å². The Balaban J connectivity index is 2.47. The third-order valence-electron chi connectivity index (χ3n) is 2.22. The summed E-state index contributed by atoms with van der Waals surface area (Å²) in [7, 11) is 0. The highest BCUT2D eigenvalue weighted by molar-refractivity contribution is 5.60. The highest BCUT2D eigenvalue weighted by Crippen LogP contribution is 2.26. The van der Waals surface area contributed by atoms with Crippen LogP contribution in [0.2, 0.25) is 0 Å². The van der Waals surface area contributed by atoms with Gasteiger partial charge in [0.15, 0.2) is 0 Å². The summed E-state index contributed by atoms with van der Waals surface area (Å²) in [6, 6.07) is 9.30. The standard InChI is InChI=1S/C12H12O2/c1-8-7-10(4-5-11(8)13)12-6-3-9(2)14-12/h3-7,13H,1-2H3. The number of hydrogen-bond donors (Lipinski definition) is 1. The van der Waals surface area contributed by atoms with E-state index in [9.17, 15) is 5.11 Å². The van der Waals surface area contributed by atoms with E-state index in [-0.39, 0.29) is 0 Å². The number of furan rings is 1. The molecule has 1 heterocycles. The smallest absolute Gasteiger partial charge is 0.134 e. The Morgan fingerprint density at radius 1 is 1.07 bits per heavy atom. The van der Waals surface area contributed by atoms with Crippen molar-refractivity contribution in [2.24, 2.45) is 0 Å². The number of phenolic OH excluding ortho intramolecular Hbond substituents is 1. The van der Waals surface area contributed by atoms with Crippen LogP contribution in [0.1, 0.15) is 11.3 Å². The third-order valence-corrected chi connectivity index (χ3v) is 2.22. The van der Waals surface area contributed by atoms with E-state index in [4.69, 9.17) is 4.42 Å². The molecule has 14 heavy (non-hydrogen) atoms. The quantitative estimate of drug-likeness (QED) is 0.745. The summed E-state index contributed by atoms with van der Waals surface area (Å²) in [5.74, 6) is 2.05. The van der Waals surface area contributed by atoms with Crippen molar-refractivity contribution in [3.05, 3.63) is 41.7 Å². The second-order valence-corrected chi connectivity index (χ2v) is 3.41. The van der Waals surface area contributed by atoms with Crippen LogP contribution in [-0.2, 0) is 0 Å². The number of aryl methyl sites for hydroxylation is 2. The number of aromatic hydroxyl groups is 1. The van der Waals surface area contributed by atoms with Gasteiger partial charge in [0.1, 0.15) is 17.3 Å². The third kappa shape index (κ3) is 1.51. The van der Waals surface area contributed by atoms with Gasteiger partial charge in [0.05, 0.1) is 0 Å². The first kappa shape index (κ1) is 8.88. The fourth-order valence-electron chi connectivity index (χ4n) is 1.40. The first-order valence-electron chi connectivity index (χ1n) is 4.53. The largest absolute Gasteiger partial charge is 0.508 e. The van der Waals surface area contributed by atoms with Crippen molar-refractivity contribution in [2.75, 3.05) is 0 Å². The first-order chi connectivity index (χ1) is 6.66. The Morgan fingerprint density at radius 2 is 1.86 bits per heavy atom. The van der Waals surface area contributed by atoms with Crippen molar-refractivity contribution in [3.8, 4) is 17.1 Å². The molecule has 0 aliphatic carbocycles. The Morgan fingerprint density at radius 3 is 2.43 bits per heavy atom. The molecule has 0 atom stereocenters. The summed E-state index contributed by atoms with van der Waals surface area (Å²) in [6.07, 6.45) is 0. The van der Waals surface area contributed by atoms with E-state index in [0.717, 1.165) is 22.6 Å². The Bertz CT molecular complexity index is 455. The molecule has 1 aromatic carbocycles. The minimum absolute atomic E-state index is 0.317. The van der Waals surface area contributed by atoms with Crippen LogP contribution in [0, 0.1) is 13.8 Å². The predicted octanol–water partition coefficient (Wildman–Crippen LogP) is 3.27. The summed E-state index contributed by atoms with van der Waals surface area (Å²) in [5, 5.41) is 9.37.